The molecule has 0 radical (unpaired) electrons. The first-order valence-electron chi connectivity index (χ1n) is 6.61. The number of benzene rings is 1. The third-order valence-electron chi connectivity index (χ3n) is 4.00. The maximum Gasteiger partial charge on any atom is 0.0975 e. The predicted molar refractivity (Wildman–Crippen MR) is 69.2 cm³/mol. The molecule has 18 heavy (non-hydrogen) atoms. The molecule has 0 amide bonds. The number of fused-ring (bicyclic) bond motifs is 1. The van der Waals surface area contributed by atoms with Crippen LogP contribution in [0.3, 0.4) is 0 Å². The fourth-order valence-electron chi connectivity index (χ4n) is 2.94. The van der Waals surface area contributed by atoms with Crippen LogP contribution in [0.2, 0.25) is 0 Å². The van der Waals surface area contributed by atoms with Crippen LogP contribution in [0.4, 0.5) is 0 Å². The quantitative estimate of drug-likeness (QED) is 0.615. The molecule has 3 unspecified atom stereocenters. The zero-order chi connectivity index (χ0) is 12.4. The second-order valence-electron chi connectivity index (χ2n) is 5.09. The van der Waals surface area contributed by atoms with Gasteiger partial charge in [-0.1, -0.05) is 24.3 Å². The third kappa shape index (κ3) is 2.29. The van der Waals surface area contributed by atoms with Crippen molar-refractivity contribution in [3.8, 4) is 0 Å². The van der Waals surface area contributed by atoms with E-state index < -0.39 is 0 Å². The van der Waals surface area contributed by atoms with Gasteiger partial charge in [0.2, 0.25) is 0 Å². The molecule has 3 N–H and O–H groups in total. The molecule has 0 bridgehead atoms. The number of ether oxygens (including phenoxy) is 2. The Bertz CT molecular complexity index is 405. The summed E-state index contributed by atoms with van der Waals surface area (Å²) in [5.41, 5.74) is 5.84. The average Bonchev–Trinajstić information content (AvgIpc) is 2.41. The molecule has 4 heteroatoms. The van der Waals surface area contributed by atoms with Crippen LogP contribution in [0, 0.1) is 0 Å². The van der Waals surface area contributed by atoms with Crippen LogP contribution < -0.4 is 11.3 Å². The van der Waals surface area contributed by atoms with Crippen molar-refractivity contribution < 1.29 is 9.47 Å². The van der Waals surface area contributed by atoms with Crippen molar-refractivity contribution in [3.63, 3.8) is 0 Å². The summed E-state index contributed by atoms with van der Waals surface area (Å²) < 4.78 is 11.2. The lowest BCUT2D eigenvalue weighted by atomic mass is 9.74. The summed E-state index contributed by atoms with van der Waals surface area (Å²) in [7, 11) is 0. The fraction of sp³-hybridized carbons (Fsp3) is 0.571. The Labute approximate surface area is 107 Å². The number of hydrazine groups is 1. The molecule has 4 nitrogen and oxygen atoms in total. The Morgan fingerprint density at radius 3 is 2.94 bits per heavy atom. The second-order valence-corrected chi connectivity index (χ2v) is 5.09. The highest BCUT2D eigenvalue weighted by Crippen LogP contribution is 2.38. The van der Waals surface area contributed by atoms with Crippen molar-refractivity contribution in [2.45, 2.75) is 30.9 Å². The zero-order valence-electron chi connectivity index (χ0n) is 10.5. The van der Waals surface area contributed by atoms with Gasteiger partial charge in [-0.15, -0.1) is 0 Å². The molecule has 0 saturated carbocycles. The van der Waals surface area contributed by atoms with E-state index in [0.717, 1.165) is 12.8 Å². The van der Waals surface area contributed by atoms with Gasteiger partial charge in [0.25, 0.3) is 0 Å². The molecule has 1 aliphatic carbocycles. The van der Waals surface area contributed by atoms with Crippen LogP contribution in [0.5, 0.6) is 0 Å². The first kappa shape index (κ1) is 12.1. The third-order valence-corrected chi connectivity index (χ3v) is 4.00. The Balaban J connectivity index is 1.61. The molecule has 3 atom stereocenters. The average molecular weight is 248 g/mol. The lowest BCUT2D eigenvalue weighted by Crippen LogP contribution is -2.50. The molecule has 3 rings (SSSR count). The SMILES string of the molecule is NNC(CC1Cc2ccccc21)C1COCCO1. The first-order valence-corrected chi connectivity index (χ1v) is 6.61. The Kier molecular flexibility index (Phi) is 3.61. The lowest BCUT2D eigenvalue weighted by Gasteiger charge is -2.36. The van der Waals surface area contributed by atoms with Gasteiger partial charge < -0.3 is 9.47 Å². The van der Waals surface area contributed by atoms with Gasteiger partial charge in [0.05, 0.1) is 32.0 Å². The Hall–Kier alpha value is -0.940. The molecule has 98 valence electrons. The fourth-order valence-corrected chi connectivity index (χ4v) is 2.94. The minimum atomic E-state index is 0.0801. The van der Waals surface area contributed by atoms with Crippen molar-refractivity contribution >= 4 is 0 Å². The topological polar surface area (TPSA) is 56.5 Å². The van der Waals surface area contributed by atoms with Crippen molar-refractivity contribution in [2.75, 3.05) is 19.8 Å². The van der Waals surface area contributed by atoms with E-state index >= 15 is 0 Å². The molecule has 1 fully saturated rings. The summed E-state index contributed by atoms with van der Waals surface area (Å²) in [5.74, 6) is 6.27. The van der Waals surface area contributed by atoms with Crippen molar-refractivity contribution in [2.24, 2.45) is 5.84 Å². The molecule has 1 aliphatic heterocycles. The summed E-state index contributed by atoms with van der Waals surface area (Å²) in [6.45, 7) is 2.01. The molecule has 0 spiro atoms. The molecule has 1 heterocycles. The highest BCUT2D eigenvalue weighted by molar-refractivity contribution is 5.39. The molecule has 1 aromatic rings. The molecule has 1 aromatic carbocycles. The smallest absolute Gasteiger partial charge is 0.0975 e. The van der Waals surface area contributed by atoms with E-state index in [1.165, 1.54) is 11.1 Å². The van der Waals surface area contributed by atoms with E-state index in [4.69, 9.17) is 15.3 Å². The van der Waals surface area contributed by atoms with Crippen molar-refractivity contribution in [1.29, 1.82) is 0 Å². The number of hydrogen-bond acceptors (Lipinski definition) is 4. The van der Waals surface area contributed by atoms with E-state index in [9.17, 15) is 0 Å². The maximum absolute atomic E-state index is 5.72. The van der Waals surface area contributed by atoms with Crippen molar-refractivity contribution in [1.82, 2.24) is 5.43 Å². The zero-order valence-corrected chi connectivity index (χ0v) is 10.5. The van der Waals surface area contributed by atoms with E-state index in [2.05, 4.69) is 29.7 Å². The maximum atomic E-state index is 5.72. The minimum Gasteiger partial charge on any atom is -0.376 e. The summed E-state index contributed by atoms with van der Waals surface area (Å²) in [6, 6.07) is 8.80. The van der Waals surface area contributed by atoms with Crippen molar-refractivity contribution in [3.05, 3.63) is 35.4 Å². The second kappa shape index (κ2) is 5.36. The van der Waals surface area contributed by atoms with Crippen LogP contribution >= 0.6 is 0 Å². The van der Waals surface area contributed by atoms with E-state index in [-0.39, 0.29) is 12.1 Å². The number of hydrogen-bond donors (Lipinski definition) is 2. The monoisotopic (exact) mass is 248 g/mol. The van der Waals surface area contributed by atoms with Crippen LogP contribution in [-0.2, 0) is 15.9 Å². The molecule has 2 aliphatic rings. The Morgan fingerprint density at radius 1 is 1.33 bits per heavy atom. The van der Waals surface area contributed by atoms with Gasteiger partial charge in [0.15, 0.2) is 0 Å². The van der Waals surface area contributed by atoms with Gasteiger partial charge in [-0.05, 0) is 29.9 Å². The molecular weight excluding hydrogens is 228 g/mol. The minimum absolute atomic E-state index is 0.0801. The normalized spacial score (nSPS) is 28.3. The molecular formula is C14H20N2O2. The van der Waals surface area contributed by atoms with Crippen LogP contribution in [0.15, 0.2) is 24.3 Å². The molecule has 1 saturated heterocycles. The predicted octanol–water partition coefficient (Wildman–Crippen LogP) is 0.964. The van der Waals surface area contributed by atoms with Gasteiger partial charge in [-0.2, -0.15) is 0 Å². The first-order chi connectivity index (χ1) is 8.88. The number of nitrogens with one attached hydrogen (secondary N) is 1. The standard InChI is InChI=1S/C14H20N2O2/c15-16-13(14-9-17-5-6-18-14)8-11-7-10-3-1-2-4-12(10)11/h1-4,11,13-14,16H,5-9,15H2. The molecule has 0 aromatic heterocycles. The van der Waals surface area contributed by atoms with E-state index in [1.807, 2.05) is 0 Å². The largest absolute Gasteiger partial charge is 0.376 e. The highest BCUT2D eigenvalue weighted by Gasteiger charge is 2.32. The summed E-state index contributed by atoms with van der Waals surface area (Å²) in [5, 5.41) is 0. The highest BCUT2D eigenvalue weighted by atomic mass is 16.6. The lowest BCUT2D eigenvalue weighted by molar-refractivity contribution is -0.103. The summed E-state index contributed by atoms with van der Waals surface area (Å²) in [4.78, 5) is 0. The summed E-state index contributed by atoms with van der Waals surface area (Å²) >= 11 is 0. The summed E-state index contributed by atoms with van der Waals surface area (Å²) in [6.07, 6.45) is 2.25. The van der Waals surface area contributed by atoms with Crippen LogP contribution in [0.25, 0.3) is 0 Å². The number of nitrogens with two attached hydrogens (primary N) is 1. The van der Waals surface area contributed by atoms with Crippen LogP contribution in [-0.4, -0.2) is 32.0 Å². The Morgan fingerprint density at radius 2 is 2.22 bits per heavy atom. The van der Waals surface area contributed by atoms with Gasteiger partial charge in [-0.3, -0.25) is 11.3 Å². The van der Waals surface area contributed by atoms with Gasteiger partial charge in [0.1, 0.15) is 0 Å². The van der Waals surface area contributed by atoms with Gasteiger partial charge in [-0.25, -0.2) is 0 Å². The van der Waals surface area contributed by atoms with Crippen LogP contribution in [0.1, 0.15) is 23.5 Å². The van der Waals surface area contributed by atoms with Gasteiger partial charge >= 0.3 is 0 Å². The van der Waals surface area contributed by atoms with Gasteiger partial charge in [0, 0.05) is 0 Å². The number of rotatable bonds is 4. The van der Waals surface area contributed by atoms with E-state index in [1.54, 1.807) is 0 Å². The van der Waals surface area contributed by atoms with E-state index in [0.29, 0.717) is 25.7 Å².